The van der Waals surface area contributed by atoms with Gasteiger partial charge in [-0.05, 0) is 13.8 Å². The molecule has 99 heavy (non-hydrogen) atoms. The molecule has 556 valence electrons. The molecule has 0 spiro atoms. The van der Waals surface area contributed by atoms with E-state index in [-0.39, 0.29) is 6.61 Å². The zero-order valence-electron chi connectivity index (χ0n) is 57.2. The van der Waals surface area contributed by atoms with Crippen molar-refractivity contribution < 1.29 is 176 Å². The van der Waals surface area contributed by atoms with Crippen LogP contribution in [0.2, 0.25) is 0 Å². The molecule has 0 aliphatic carbocycles. The van der Waals surface area contributed by atoms with Gasteiger partial charge in [0, 0.05) is 96.9 Å². The van der Waals surface area contributed by atoms with E-state index in [1.54, 1.807) is 0 Å². The quantitative estimate of drug-likeness (QED) is 0.0552. The molecule has 10 unspecified atom stereocenters. The highest BCUT2D eigenvalue weighted by molar-refractivity contribution is 5.74. The van der Waals surface area contributed by atoms with Gasteiger partial charge in [-0.15, -0.1) is 6.58 Å². The smallest absolute Gasteiger partial charge is 0.303 e. The Morgan fingerprint density at radius 2 is 0.576 bits per heavy atom. The lowest BCUT2D eigenvalue weighted by Gasteiger charge is -2.53. The molecule has 0 aromatic carbocycles. The van der Waals surface area contributed by atoms with Gasteiger partial charge < -0.3 is 114 Å². The Kier molecular flexibility index (Phi) is 30.8. The lowest BCUT2D eigenvalue weighted by molar-refractivity contribution is -0.398. The van der Waals surface area contributed by atoms with Gasteiger partial charge in [-0.3, -0.25) is 67.1 Å². The van der Waals surface area contributed by atoms with Crippen LogP contribution in [0.1, 0.15) is 111 Å². The number of rotatable bonds is 28. The number of ether oxygens (including phenoxy) is 23. The highest BCUT2D eigenvalue weighted by atomic mass is 16.8. The molecule has 0 saturated carbocycles. The zero-order chi connectivity index (χ0) is 74.0. The van der Waals surface area contributed by atoms with Gasteiger partial charge in [0.2, 0.25) is 5.91 Å². The molecular weight excluding hydrogens is 1340 g/mol. The molecule has 0 aromatic rings. The van der Waals surface area contributed by atoms with Gasteiger partial charge in [-0.2, -0.15) is 0 Å². The van der Waals surface area contributed by atoms with Crippen LogP contribution < -0.4 is 5.32 Å². The van der Waals surface area contributed by atoms with Gasteiger partial charge in [0.15, 0.2) is 98.6 Å². The minimum Gasteiger partial charge on any atom is -0.463 e. The molecule has 0 radical (unpaired) electrons. The van der Waals surface area contributed by atoms with Crippen molar-refractivity contribution in [2.75, 3.05) is 26.4 Å². The van der Waals surface area contributed by atoms with Crippen molar-refractivity contribution in [3.8, 4) is 0 Å². The summed E-state index contributed by atoms with van der Waals surface area (Å²) in [5.41, 5.74) is 0. The van der Waals surface area contributed by atoms with Crippen LogP contribution >= 0.6 is 0 Å². The maximum absolute atomic E-state index is 14.1. The van der Waals surface area contributed by atoms with Crippen molar-refractivity contribution in [1.82, 2.24) is 5.32 Å². The van der Waals surface area contributed by atoms with Gasteiger partial charge in [0.25, 0.3) is 0 Å². The number of carbonyl (C=O) groups excluding carboxylic acids is 14. The van der Waals surface area contributed by atoms with E-state index in [2.05, 4.69) is 11.9 Å². The Balaban J connectivity index is 1.93. The Morgan fingerprint density at radius 3 is 0.939 bits per heavy atom. The molecule has 1 amide bonds. The van der Waals surface area contributed by atoms with Gasteiger partial charge >= 0.3 is 77.6 Å². The third kappa shape index (κ3) is 23.8. The molecule has 5 aliphatic heterocycles. The molecule has 5 rings (SSSR count). The lowest BCUT2D eigenvalue weighted by atomic mass is 9.93. The average Bonchev–Trinajstić information content (AvgIpc) is 0.759. The fourth-order valence-electron chi connectivity index (χ4n) is 11.3. The highest BCUT2D eigenvalue weighted by Crippen LogP contribution is 2.41. The topological polar surface area (TPSA) is 463 Å². The van der Waals surface area contributed by atoms with Crippen molar-refractivity contribution in [3.05, 3.63) is 12.7 Å². The molecule has 5 saturated heterocycles. The van der Waals surface area contributed by atoms with Crippen molar-refractivity contribution in [1.29, 1.82) is 0 Å². The second kappa shape index (κ2) is 37.4. The minimum absolute atomic E-state index is 0.328. The molecule has 38 nitrogen and oxygen atoms in total. The molecule has 25 atom stereocenters. The van der Waals surface area contributed by atoms with Crippen molar-refractivity contribution in [2.45, 2.75) is 264 Å². The number of carbonyl (C=O) groups is 14. The maximum atomic E-state index is 14.1. The van der Waals surface area contributed by atoms with E-state index in [1.807, 2.05) is 0 Å². The number of amides is 1. The fourth-order valence-corrected chi connectivity index (χ4v) is 11.3. The summed E-state index contributed by atoms with van der Waals surface area (Å²) in [4.78, 5) is 183. The Hall–Kier alpha value is -8.08. The first-order valence-electron chi connectivity index (χ1n) is 30.9. The van der Waals surface area contributed by atoms with Crippen molar-refractivity contribution in [2.24, 2.45) is 0 Å². The van der Waals surface area contributed by atoms with Gasteiger partial charge in [-0.1, -0.05) is 6.08 Å². The fraction of sp³-hybridized carbons (Fsp3) is 0.738. The standard InChI is InChI=1S/C61H85NO37/c1-18-19-77-58-53(90-36(15)74)52(47(86-32(11)70)40(94-58)21-79-27(6)65)98-57-42(62-25(4)63)48(97-59-54(91-37(16)75)49(87-33(12)71)43(23(2)81-59)83-29(8)67)45(39(93-57)20-78-26(5)64)96-61-56(51(89-35(14)73)46(85-31(10)69)41(95-61)22-80-28(7)66)99-60-55(92-38(17)76)50(88-34(13)72)44(24(3)82-60)84-30(9)68/h18,23-24,39-61H,1,19-22H2,2-17H3,(H,62,63)/t23?,24?,39?,40?,41?,42?,43-,44-,45-,46+,47+,48-,49?,50+,51+,52+,53?,54-,55?,56?,57+,58-,59+,60+,61+/m1/s1. The van der Waals surface area contributed by atoms with E-state index in [9.17, 15) is 67.1 Å². The number of hydrogen-bond acceptors (Lipinski definition) is 37. The van der Waals surface area contributed by atoms with E-state index in [0.717, 1.165) is 96.9 Å². The van der Waals surface area contributed by atoms with Crippen LogP contribution in [0.5, 0.6) is 0 Å². The number of esters is 13. The van der Waals surface area contributed by atoms with Crippen molar-refractivity contribution >= 4 is 83.5 Å². The van der Waals surface area contributed by atoms with Crippen LogP contribution in [-0.2, 0) is 176 Å². The molecular formula is C61H85NO37. The van der Waals surface area contributed by atoms with Gasteiger partial charge in [-0.25, -0.2) is 0 Å². The summed E-state index contributed by atoms with van der Waals surface area (Å²) >= 11 is 0. The largest absolute Gasteiger partial charge is 0.463 e. The SMILES string of the molecule is C=CCO[C@@H]1OC(COC(C)=O)[C@H](OC(C)=O)[C@H](O[C@@H]2OC(COC(C)=O)[C@@H](O[C@@H]3OC(COC(C)=O)[C@H](OC(C)=O)[C@H](OC(C)=O)C3O[C@@H]3OC(C)[C@@H](OC(C)=O)[C@H](OC(C)=O)C3OC(C)=O)[C@H](O[C@@H]3OC(C)[C@@H](OC(C)=O)C(OC(C)=O)[C@H]3OC(C)=O)C2NC(C)=O)C1OC(C)=O. The lowest BCUT2D eigenvalue weighted by Crippen LogP contribution is -2.72. The number of hydrogen-bond donors (Lipinski definition) is 1. The van der Waals surface area contributed by atoms with Crippen LogP contribution in [0.25, 0.3) is 0 Å². The van der Waals surface area contributed by atoms with E-state index < -0.39 is 257 Å². The van der Waals surface area contributed by atoms with Crippen LogP contribution in [0.4, 0.5) is 0 Å². The normalized spacial score (nSPS) is 34.1. The summed E-state index contributed by atoms with van der Waals surface area (Å²) < 4.78 is 139. The van der Waals surface area contributed by atoms with E-state index in [4.69, 9.17) is 109 Å². The average molecular weight is 1420 g/mol. The third-order valence-corrected chi connectivity index (χ3v) is 14.6. The van der Waals surface area contributed by atoms with Crippen LogP contribution in [0.3, 0.4) is 0 Å². The van der Waals surface area contributed by atoms with E-state index in [0.29, 0.717) is 0 Å². The van der Waals surface area contributed by atoms with Crippen LogP contribution in [0.15, 0.2) is 12.7 Å². The Morgan fingerprint density at radius 1 is 0.303 bits per heavy atom. The van der Waals surface area contributed by atoms with Crippen LogP contribution in [-0.4, -0.2) is 263 Å². The first-order valence-corrected chi connectivity index (χ1v) is 30.9. The van der Waals surface area contributed by atoms with Gasteiger partial charge in [0.1, 0.15) is 62.5 Å². The highest BCUT2D eigenvalue weighted by Gasteiger charge is 2.62. The third-order valence-electron chi connectivity index (χ3n) is 14.6. The van der Waals surface area contributed by atoms with E-state index >= 15 is 0 Å². The summed E-state index contributed by atoms with van der Waals surface area (Å²) in [6.07, 6.45) is -44.4. The Bertz CT molecular complexity index is 2920. The Labute approximate surface area is 566 Å². The molecule has 38 heteroatoms. The summed E-state index contributed by atoms with van der Waals surface area (Å²) in [5, 5.41) is 2.63. The summed E-state index contributed by atoms with van der Waals surface area (Å²) in [6.45, 7) is 17.0. The van der Waals surface area contributed by atoms with E-state index in [1.165, 1.54) is 19.9 Å². The zero-order valence-corrected chi connectivity index (χ0v) is 57.2. The summed E-state index contributed by atoms with van der Waals surface area (Å²) in [6, 6.07) is -2.05. The predicted octanol–water partition coefficient (Wildman–Crippen LogP) is -1.09. The molecule has 1 N–H and O–H groups in total. The second-order valence-electron chi connectivity index (χ2n) is 22.9. The first kappa shape index (κ1) is 81.6. The molecule has 5 heterocycles. The summed E-state index contributed by atoms with van der Waals surface area (Å²) in [5.74, 6) is -14.2. The molecule has 5 aliphatic rings. The monoisotopic (exact) mass is 1420 g/mol. The first-order chi connectivity index (χ1) is 46.4. The summed E-state index contributed by atoms with van der Waals surface area (Å²) in [7, 11) is 0. The second-order valence-corrected chi connectivity index (χ2v) is 22.9. The molecule has 0 aromatic heterocycles. The number of nitrogens with one attached hydrogen (secondary N) is 1. The van der Waals surface area contributed by atoms with Crippen molar-refractivity contribution in [3.63, 3.8) is 0 Å². The van der Waals surface area contributed by atoms with Crippen LogP contribution in [0, 0.1) is 0 Å². The predicted molar refractivity (Wildman–Crippen MR) is 313 cm³/mol. The maximum Gasteiger partial charge on any atom is 0.303 e. The molecule has 5 fully saturated rings. The van der Waals surface area contributed by atoms with Gasteiger partial charge in [0.05, 0.1) is 18.8 Å². The minimum atomic E-state index is -2.34. The molecule has 0 bridgehead atoms.